The van der Waals surface area contributed by atoms with Crippen LogP contribution in [0.2, 0.25) is 0 Å². The van der Waals surface area contributed by atoms with E-state index in [1.165, 1.54) is 22.5 Å². The Hall–Kier alpha value is -0.730. The molecule has 0 radical (unpaired) electrons. The third-order valence-electron chi connectivity index (χ3n) is 4.58. The Kier molecular flexibility index (Phi) is 6.02. The lowest BCUT2D eigenvalue weighted by Gasteiger charge is -2.37. The van der Waals surface area contributed by atoms with Crippen LogP contribution in [0.5, 0.6) is 0 Å². The number of hydrogen-bond acceptors (Lipinski definition) is 4. The van der Waals surface area contributed by atoms with E-state index in [-0.39, 0.29) is 17.3 Å². The zero-order valence-electron chi connectivity index (χ0n) is 13.2. The molecule has 0 saturated carbocycles. The molecule has 0 bridgehead atoms. The van der Waals surface area contributed by atoms with E-state index in [1.807, 2.05) is 0 Å². The van der Waals surface area contributed by atoms with Gasteiger partial charge in [-0.2, -0.15) is 4.31 Å². The van der Waals surface area contributed by atoms with Gasteiger partial charge in [-0.15, -0.1) is 12.4 Å². The molecular formula is C15H23ClFN3O2S. The first-order chi connectivity index (χ1) is 10.5. The van der Waals surface area contributed by atoms with Crippen LogP contribution in [0.25, 0.3) is 0 Å². The highest BCUT2D eigenvalue weighted by Crippen LogP contribution is 2.23. The minimum Gasteiger partial charge on any atom is -0.315 e. The molecule has 2 saturated heterocycles. The number of nitrogens with one attached hydrogen (secondary N) is 1. The summed E-state index contributed by atoms with van der Waals surface area (Å²) in [5.74, 6) is -0.407. The molecule has 0 aliphatic carbocycles. The van der Waals surface area contributed by atoms with Gasteiger partial charge in [-0.1, -0.05) is 0 Å². The molecule has 1 unspecified atom stereocenters. The van der Waals surface area contributed by atoms with Gasteiger partial charge in [-0.3, -0.25) is 4.90 Å². The maximum atomic E-state index is 13.2. The molecule has 1 atom stereocenters. The lowest BCUT2D eigenvalue weighted by Crippen LogP contribution is -2.52. The maximum Gasteiger partial charge on any atom is 0.243 e. The molecular weight excluding hydrogens is 341 g/mol. The number of aryl methyl sites for hydroxylation is 1. The standard InChI is InChI=1S/C15H22FN3O2S.ClH/c1-12-10-13(16)2-3-15(12)22(20,21)19-8-6-18(7-9-19)14-4-5-17-11-14;/h2-3,10,14,17H,4-9,11H2,1H3;1H. The molecule has 23 heavy (non-hydrogen) atoms. The van der Waals surface area contributed by atoms with Gasteiger partial charge in [0, 0.05) is 38.8 Å². The van der Waals surface area contributed by atoms with Crippen LogP contribution in [0, 0.1) is 12.7 Å². The Balaban J connectivity index is 0.00000192. The number of halogens is 2. The SMILES string of the molecule is Cc1cc(F)ccc1S(=O)(=O)N1CCN(C2CCNC2)CC1.Cl. The molecule has 2 aliphatic rings. The van der Waals surface area contributed by atoms with Crippen molar-refractivity contribution in [2.24, 2.45) is 0 Å². The van der Waals surface area contributed by atoms with Crippen LogP contribution in [-0.2, 0) is 10.0 Å². The normalized spacial score (nSPS) is 23.7. The summed E-state index contributed by atoms with van der Waals surface area (Å²) in [5, 5.41) is 3.34. The smallest absolute Gasteiger partial charge is 0.243 e. The van der Waals surface area contributed by atoms with Crippen LogP contribution in [-0.4, -0.2) is 62.9 Å². The topological polar surface area (TPSA) is 52.7 Å². The number of benzene rings is 1. The van der Waals surface area contributed by atoms with Crippen molar-refractivity contribution in [3.63, 3.8) is 0 Å². The summed E-state index contributed by atoms with van der Waals surface area (Å²) in [6.07, 6.45) is 1.13. The van der Waals surface area contributed by atoms with Gasteiger partial charge >= 0.3 is 0 Å². The van der Waals surface area contributed by atoms with Gasteiger partial charge in [0.2, 0.25) is 10.0 Å². The van der Waals surface area contributed by atoms with Crippen molar-refractivity contribution in [2.75, 3.05) is 39.3 Å². The predicted octanol–water partition coefficient (Wildman–Crippen LogP) is 1.22. The van der Waals surface area contributed by atoms with E-state index >= 15 is 0 Å². The van der Waals surface area contributed by atoms with Crippen LogP contribution in [0.15, 0.2) is 23.1 Å². The summed E-state index contributed by atoms with van der Waals surface area (Å²) in [7, 11) is -3.53. The van der Waals surface area contributed by atoms with Gasteiger partial charge in [0.15, 0.2) is 0 Å². The summed E-state index contributed by atoms with van der Waals surface area (Å²) in [6, 6.07) is 4.37. The van der Waals surface area contributed by atoms with E-state index < -0.39 is 15.8 Å². The lowest BCUT2D eigenvalue weighted by molar-refractivity contribution is 0.145. The van der Waals surface area contributed by atoms with Crippen LogP contribution >= 0.6 is 12.4 Å². The first kappa shape index (κ1) is 18.6. The summed E-state index contributed by atoms with van der Waals surface area (Å²) >= 11 is 0. The van der Waals surface area contributed by atoms with E-state index in [0.717, 1.165) is 32.6 Å². The summed E-state index contributed by atoms with van der Waals surface area (Å²) in [5.41, 5.74) is 0.461. The van der Waals surface area contributed by atoms with E-state index in [0.29, 0.717) is 24.7 Å². The zero-order valence-corrected chi connectivity index (χ0v) is 14.8. The summed E-state index contributed by atoms with van der Waals surface area (Å²) in [4.78, 5) is 2.58. The van der Waals surface area contributed by atoms with Crippen LogP contribution in [0.4, 0.5) is 4.39 Å². The first-order valence-corrected chi connectivity index (χ1v) is 9.13. The number of hydrogen-bond donors (Lipinski definition) is 1. The lowest BCUT2D eigenvalue weighted by atomic mass is 10.2. The second-order valence-electron chi connectivity index (χ2n) is 6.00. The molecule has 1 N–H and O–H groups in total. The van der Waals surface area contributed by atoms with Gasteiger partial charge in [0.05, 0.1) is 4.90 Å². The van der Waals surface area contributed by atoms with Crippen molar-refractivity contribution in [3.8, 4) is 0 Å². The third kappa shape index (κ3) is 3.85. The van der Waals surface area contributed by atoms with Gasteiger partial charge in [-0.05, 0) is 43.7 Å². The van der Waals surface area contributed by atoms with Crippen molar-refractivity contribution in [1.82, 2.24) is 14.5 Å². The molecule has 3 rings (SSSR count). The van der Waals surface area contributed by atoms with Crippen LogP contribution in [0.3, 0.4) is 0 Å². The minimum absolute atomic E-state index is 0. The molecule has 130 valence electrons. The molecule has 0 aromatic heterocycles. The van der Waals surface area contributed by atoms with Crippen LogP contribution < -0.4 is 5.32 Å². The fraction of sp³-hybridized carbons (Fsp3) is 0.600. The third-order valence-corrected chi connectivity index (χ3v) is 6.64. The highest BCUT2D eigenvalue weighted by molar-refractivity contribution is 7.89. The number of piperazine rings is 1. The van der Waals surface area contributed by atoms with Crippen molar-refractivity contribution >= 4 is 22.4 Å². The molecule has 2 aliphatic heterocycles. The second kappa shape index (κ2) is 7.44. The fourth-order valence-electron chi connectivity index (χ4n) is 3.30. The van der Waals surface area contributed by atoms with Crippen molar-refractivity contribution in [3.05, 3.63) is 29.6 Å². The van der Waals surface area contributed by atoms with Gasteiger partial charge in [-0.25, -0.2) is 12.8 Å². The predicted molar refractivity (Wildman–Crippen MR) is 90.0 cm³/mol. The number of nitrogens with zero attached hydrogens (tertiary/aromatic N) is 2. The maximum absolute atomic E-state index is 13.2. The van der Waals surface area contributed by atoms with Crippen molar-refractivity contribution in [1.29, 1.82) is 0 Å². The number of rotatable bonds is 3. The van der Waals surface area contributed by atoms with Crippen molar-refractivity contribution in [2.45, 2.75) is 24.3 Å². The first-order valence-electron chi connectivity index (χ1n) is 7.69. The fourth-order valence-corrected chi connectivity index (χ4v) is 4.93. The molecule has 1 aromatic carbocycles. The van der Waals surface area contributed by atoms with E-state index in [9.17, 15) is 12.8 Å². The molecule has 0 spiro atoms. The average Bonchev–Trinajstić information content (AvgIpc) is 3.01. The van der Waals surface area contributed by atoms with Crippen LogP contribution in [0.1, 0.15) is 12.0 Å². The molecule has 2 fully saturated rings. The summed E-state index contributed by atoms with van der Waals surface area (Å²) in [6.45, 7) is 6.17. The molecule has 2 heterocycles. The highest BCUT2D eigenvalue weighted by Gasteiger charge is 2.32. The Labute approximate surface area is 143 Å². The average molecular weight is 364 g/mol. The molecule has 1 aromatic rings. The molecule has 8 heteroatoms. The van der Waals surface area contributed by atoms with E-state index in [1.54, 1.807) is 6.92 Å². The Bertz CT molecular complexity index is 642. The Morgan fingerprint density at radius 2 is 1.91 bits per heavy atom. The second-order valence-corrected chi connectivity index (χ2v) is 7.90. The molecule has 0 amide bonds. The Morgan fingerprint density at radius 3 is 2.48 bits per heavy atom. The van der Waals surface area contributed by atoms with Gasteiger partial charge < -0.3 is 5.32 Å². The summed E-state index contributed by atoms with van der Waals surface area (Å²) < 4.78 is 40.1. The zero-order chi connectivity index (χ0) is 15.7. The number of sulfonamides is 1. The Morgan fingerprint density at radius 1 is 1.22 bits per heavy atom. The largest absolute Gasteiger partial charge is 0.315 e. The van der Waals surface area contributed by atoms with E-state index in [2.05, 4.69) is 10.2 Å². The monoisotopic (exact) mass is 363 g/mol. The quantitative estimate of drug-likeness (QED) is 0.877. The van der Waals surface area contributed by atoms with E-state index in [4.69, 9.17) is 0 Å². The van der Waals surface area contributed by atoms with Gasteiger partial charge in [0.1, 0.15) is 5.82 Å². The highest BCUT2D eigenvalue weighted by atomic mass is 35.5. The minimum atomic E-state index is -3.53. The van der Waals surface area contributed by atoms with Crippen molar-refractivity contribution < 1.29 is 12.8 Å². The van der Waals surface area contributed by atoms with Gasteiger partial charge in [0.25, 0.3) is 0 Å². The molecule has 5 nitrogen and oxygen atoms in total.